The number of hydrogen-bond acceptors (Lipinski definition) is 4. The van der Waals surface area contributed by atoms with Gasteiger partial charge in [-0.15, -0.1) is 11.3 Å². The molecular weight excluding hydrogens is 258 g/mol. The summed E-state index contributed by atoms with van der Waals surface area (Å²) in [7, 11) is 0. The quantitative estimate of drug-likeness (QED) is 0.800. The van der Waals surface area contributed by atoms with Gasteiger partial charge in [0.2, 0.25) is 5.91 Å². The van der Waals surface area contributed by atoms with E-state index in [1.54, 1.807) is 11.3 Å². The summed E-state index contributed by atoms with van der Waals surface area (Å²) in [4.78, 5) is 16.2. The molecule has 2 N–H and O–H groups in total. The van der Waals surface area contributed by atoms with Crippen LogP contribution in [0.3, 0.4) is 0 Å². The number of aromatic nitrogens is 1. The van der Waals surface area contributed by atoms with Crippen molar-refractivity contribution in [2.75, 3.05) is 19.6 Å². The first kappa shape index (κ1) is 14.5. The van der Waals surface area contributed by atoms with Crippen molar-refractivity contribution in [1.29, 1.82) is 0 Å². The normalized spacial score (nSPS) is 18.7. The number of thiazole rings is 1. The minimum absolute atomic E-state index is 0.179. The molecule has 19 heavy (non-hydrogen) atoms. The fourth-order valence-corrected chi connectivity index (χ4v) is 3.12. The van der Waals surface area contributed by atoms with E-state index in [9.17, 15) is 4.79 Å². The molecule has 5 heteroatoms. The summed E-state index contributed by atoms with van der Waals surface area (Å²) < 4.78 is 0. The van der Waals surface area contributed by atoms with E-state index in [2.05, 4.69) is 27.9 Å². The Morgan fingerprint density at radius 3 is 3.21 bits per heavy atom. The molecule has 106 valence electrons. The Labute approximate surface area is 119 Å². The molecule has 1 atom stereocenters. The topological polar surface area (TPSA) is 54.0 Å². The molecule has 0 aromatic carbocycles. The van der Waals surface area contributed by atoms with Crippen molar-refractivity contribution < 1.29 is 4.79 Å². The van der Waals surface area contributed by atoms with Crippen LogP contribution in [0.15, 0.2) is 5.38 Å². The molecule has 2 heterocycles. The lowest BCUT2D eigenvalue weighted by atomic mass is 10.0. The van der Waals surface area contributed by atoms with Gasteiger partial charge in [0.1, 0.15) is 0 Å². The molecule has 1 fully saturated rings. The van der Waals surface area contributed by atoms with Crippen LogP contribution in [0.1, 0.15) is 36.9 Å². The zero-order valence-corrected chi connectivity index (χ0v) is 12.4. The SMILES string of the molecule is CCc1nc(CCNC(=O)CCC2CCNC2)cs1. The number of carbonyl (C=O) groups is 1. The Balaban J connectivity index is 1.58. The average Bonchev–Trinajstić information content (AvgIpc) is 3.07. The minimum Gasteiger partial charge on any atom is -0.356 e. The second-order valence-electron chi connectivity index (χ2n) is 5.08. The minimum atomic E-state index is 0.179. The van der Waals surface area contributed by atoms with Crippen molar-refractivity contribution in [3.05, 3.63) is 16.1 Å². The first-order valence-electron chi connectivity index (χ1n) is 7.18. The van der Waals surface area contributed by atoms with Crippen molar-refractivity contribution in [2.45, 2.75) is 39.0 Å². The van der Waals surface area contributed by atoms with Gasteiger partial charge in [0, 0.05) is 24.8 Å². The molecule has 1 saturated heterocycles. The summed E-state index contributed by atoms with van der Waals surface area (Å²) in [6, 6.07) is 0. The van der Waals surface area contributed by atoms with Crippen LogP contribution in [-0.4, -0.2) is 30.5 Å². The second kappa shape index (κ2) is 7.60. The van der Waals surface area contributed by atoms with E-state index in [4.69, 9.17) is 0 Å². The van der Waals surface area contributed by atoms with Crippen LogP contribution in [0.25, 0.3) is 0 Å². The van der Waals surface area contributed by atoms with E-state index in [1.807, 2.05) is 0 Å². The first-order chi connectivity index (χ1) is 9.28. The van der Waals surface area contributed by atoms with Gasteiger partial charge in [-0.3, -0.25) is 4.79 Å². The van der Waals surface area contributed by atoms with Gasteiger partial charge in [0.05, 0.1) is 10.7 Å². The molecule has 1 aliphatic heterocycles. The number of hydrogen-bond donors (Lipinski definition) is 2. The van der Waals surface area contributed by atoms with Crippen molar-refractivity contribution in [1.82, 2.24) is 15.6 Å². The zero-order valence-electron chi connectivity index (χ0n) is 11.6. The monoisotopic (exact) mass is 281 g/mol. The van der Waals surface area contributed by atoms with Crippen molar-refractivity contribution in [2.24, 2.45) is 5.92 Å². The summed E-state index contributed by atoms with van der Waals surface area (Å²) in [6.45, 7) is 5.00. The molecule has 0 bridgehead atoms. The lowest BCUT2D eigenvalue weighted by Crippen LogP contribution is -2.26. The van der Waals surface area contributed by atoms with Gasteiger partial charge in [-0.05, 0) is 38.3 Å². The molecular formula is C14H23N3OS. The predicted molar refractivity (Wildman–Crippen MR) is 78.4 cm³/mol. The molecule has 0 radical (unpaired) electrons. The smallest absolute Gasteiger partial charge is 0.220 e. The van der Waals surface area contributed by atoms with Crippen LogP contribution < -0.4 is 10.6 Å². The van der Waals surface area contributed by atoms with E-state index in [0.717, 1.165) is 38.0 Å². The van der Waals surface area contributed by atoms with Crippen molar-refractivity contribution in [3.63, 3.8) is 0 Å². The lowest BCUT2D eigenvalue weighted by Gasteiger charge is -2.08. The molecule has 1 aliphatic rings. The third-order valence-corrected chi connectivity index (χ3v) is 4.59. The molecule has 0 aliphatic carbocycles. The number of nitrogens with zero attached hydrogens (tertiary/aromatic N) is 1. The third kappa shape index (κ3) is 4.91. The molecule has 1 amide bonds. The van der Waals surface area contributed by atoms with Crippen LogP contribution >= 0.6 is 11.3 Å². The average molecular weight is 281 g/mol. The maximum absolute atomic E-state index is 11.7. The first-order valence-corrected chi connectivity index (χ1v) is 8.06. The summed E-state index contributed by atoms with van der Waals surface area (Å²) >= 11 is 1.70. The van der Waals surface area contributed by atoms with Gasteiger partial charge in [-0.2, -0.15) is 0 Å². The van der Waals surface area contributed by atoms with E-state index in [0.29, 0.717) is 18.9 Å². The summed E-state index contributed by atoms with van der Waals surface area (Å²) in [6.07, 6.45) is 4.71. The number of rotatable bonds is 7. The number of carbonyl (C=O) groups excluding carboxylic acids is 1. The van der Waals surface area contributed by atoms with Crippen LogP contribution in [0.2, 0.25) is 0 Å². The van der Waals surface area contributed by atoms with E-state index in [1.165, 1.54) is 11.4 Å². The zero-order chi connectivity index (χ0) is 13.5. The van der Waals surface area contributed by atoms with Gasteiger partial charge in [-0.1, -0.05) is 6.92 Å². The Kier molecular flexibility index (Phi) is 5.79. The maximum atomic E-state index is 11.7. The largest absolute Gasteiger partial charge is 0.356 e. The summed E-state index contributed by atoms with van der Waals surface area (Å²) in [5.41, 5.74) is 1.10. The van der Waals surface area contributed by atoms with E-state index >= 15 is 0 Å². The fourth-order valence-electron chi connectivity index (χ4n) is 2.34. The van der Waals surface area contributed by atoms with E-state index < -0.39 is 0 Å². The number of amides is 1. The molecule has 2 rings (SSSR count). The molecule has 1 aromatic heterocycles. The van der Waals surface area contributed by atoms with Crippen LogP contribution in [-0.2, 0) is 17.6 Å². The van der Waals surface area contributed by atoms with Crippen LogP contribution in [0.5, 0.6) is 0 Å². The standard InChI is InChI=1S/C14H23N3OS/c1-2-14-17-12(10-19-14)6-8-16-13(18)4-3-11-5-7-15-9-11/h10-11,15H,2-9H2,1H3,(H,16,18). The highest BCUT2D eigenvalue weighted by Gasteiger charge is 2.15. The van der Waals surface area contributed by atoms with Gasteiger partial charge in [0.15, 0.2) is 0 Å². The highest BCUT2D eigenvalue weighted by atomic mass is 32.1. The van der Waals surface area contributed by atoms with Crippen molar-refractivity contribution in [3.8, 4) is 0 Å². The second-order valence-corrected chi connectivity index (χ2v) is 6.03. The fraction of sp³-hybridized carbons (Fsp3) is 0.714. The number of aryl methyl sites for hydroxylation is 1. The Morgan fingerprint density at radius 2 is 2.53 bits per heavy atom. The van der Waals surface area contributed by atoms with Gasteiger partial charge < -0.3 is 10.6 Å². The highest BCUT2D eigenvalue weighted by molar-refractivity contribution is 7.09. The van der Waals surface area contributed by atoms with E-state index in [-0.39, 0.29) is 5.91 Å². The van der Waals surface area contributed by atoms with Crippen LogP contribution in [0.4, 0.5) is 0 Å². The molecule has 4 nitrogen and oxygen atoms in total. The van der Waals surface area contributed by atoms with Crippen LogP contribution in [0, 0.1) is 5.92 Å². The van der Waals surface area contributed by atoms with Crippen molar-refractivity contribution >= 4 is 17.2 Å². The lowest BCUT2D eigenvalue weighted by molar-refractivity contribution is -0.121. The number of nitrogens with one attached hydrogen (secondary N) is 2. The maximum Gasteiger partial charge on any atom is 0.220 e. The Bertz CT molecular complexity index is 399. The van der Waals surface area contributed by atoms with Gasteiger partial charge in [-0.25, -0.2) is 4.98 Å². The molecule has 0 spiro atoms. The Morgan fingerprint density at radius 1 is 1.63 bits per heavy atom. The van der Waals surface area contributed by atoms with Gasteiger partial charge in [0.25, 0.3) is 0 Å². The molecule has 1 aromatic rings. The molecule has 0 saturated carbocycles. The van der Waals surface area contributed by atoms with Gasteiger partial charge >= 0.3 is 0 Å². The predicted octanol–water partition coefficient (Wildman–Crippen LogP) is 1.75. The summed E-state index contributed by atoms with van der Waals surface area (Å²) in [5.74, 6) is 0.870. The third-order valence-electron chi connectivity index (χ3n) is 3.55. The molecule has 1 unspecified atom stereocenters. The highest BCUT2D eigenvalue weighted by Crippen LogP contribution is 2.14. The Hall–Kier alpha value is -0.940. The summed E-state index contributed by atoms with van der Waals surface area (Å²) in [5, 5.41) is 9.59.